The molecule has 0 saturated heterocycles. The number of carboxylic acids is 1. The van der Waals surface area contributed by atoms with Gasteiger partial charge in [-0.1, -0.05) is 35.9 Å². The molecule has 6 heteroatoms. The fourth-order valence-electron chi connectivity index (χ4n) is 2.99. The maximum Gasteiger partial charge on any atom is 0.335 e. The van der Waals surface area contributed by atoms with Gasteiger partial charge in [0.1, 0.15) is 0 Å². The van der Waals surface area contributed by atoms with Gasteiger partial charge in [-0.2, -0.15) is 0 Å². The second-order valence-electron chi connectivity index (χ2n) is 6.14. The van der Waals surface area contributed by atoms with Gasteiger partial charge in [0.25, 0.3) is 0 Å². The van der Waals surface area contributed by atoms with Gasteiger partial charge in [-0.3, -0.25) is 4.79 Å². The van der Waals surface area contributed by atoms with E-state index in [-0.39, 0.29) is 23.9 Å². The first-order valence-corrected chi connectivity index (χ1v) is 9.08. The Morgan fingerprint density at radius 3 is 2.22 bits per heavy atom. The van der Waals surface area contributed by atoms with E-state index < -0.39 is 12.1 Å². The smallest absolute Gasteiger partial charge is 0.335 e. The average Bonchev–Trinajstić information content (AvgIpc) is 2.67. The summed E-state index contributed by atoms with van der Waals surface area (Å²) in [5.74, 6) is -1.48. The molecule has 0 spiro atoms. The van der Waals surface area contributed by atoms with E-state index in [4.69, 9.17) is 26.2 Å². The van der Waals surface area contributed by atoms with Gasteiger partial charge in [-0.25, -0.2) is 4.79 Å². The van der Waals surface area contributed by atoms with E-state index in [0.717, 1.165) is 11.1 Å². The van der Waals surface area contributed by atoms with Crippen LogP contribution < -0.4 is 0 Å². The summed E-state index contributed by atoms with van der Waals surface area (Å²) in [5, 5.41) is 9.77. The van der Waals surface area contributed by atoms with Crippen LogP contribution in [0.1, 0.15) is 40.7 Å². The lowest BCUT2D eigenvalue weighted by molar-refractivity contribution is -0.144. The summed E-state index contributed by atoms with van der Waals surface area (Å²) in [7, 11) is 1.35. The molecule has 2 atom stereocenters. The third kappa shape index (κ3) is 6.08. The highest BCUT2D eigenvalue weighted by Gasteiger charge is 2.27. The van der Waals surface area contributed by atoms with E-state index >= 15 is 0 Å². The van der Waals surface area contributed by atoms with E-state index in [1.165, 1.54) is 7.11 Å². The molecule has 0 fully saturated rings. The number of halogens is 1. The lowest BCUT2D eigenvalue weighted by atomic mass is 9.85. The Balaban J connectivity index is 2.36. The minimum Gasteiger partial charge on any atom is -0.478 e. The van der Waals surface area contributed by atoms with Crippen molar-refractivity contribution in [3.05, 3.63) is 70.2 Å². The van der Waals surface area contributed by atoms with Crippen molar-refractivity contribution in [2.75, 3.05) is 13.7 Å². The molecule has 144 valence electrons. The van der Waals surface area contributed by atoms with Crippen LogP contribution in [-0.2, 0) is 20.7 Å². The van der Waals surface area contributed by atoms with Crippen LogP contribution in [0.25, 0.3) is 0 Å². The summed E-state index contributed by atoms with van der Waals surface area (Å²) < 4.78 is 10.7. The normalized spacial score (nSPS) is 13.0. The van der Waals surface area contributed by atoms with E-state index in [2.05, 4.69) is 0 Å². The summed E-state index contributed by atoms with van der Waals surface area (Å²) in [6, 6.07) is 14.2. The van der Waals surface area contributed by atoms with Crippen LogP contribution in [0, 0.1) is 0 Å². The Bertz CT molecular complexity index is 755. The number of hydrogen-bond donors (Lipinski definition) is 1. The number of carbonyl (C=O) groups excluding carboxylic acids is 1. The molecule has 0 bridgehead atoms. The number of carboxylic acid groups (broad SMARTS) is 1. The summed E-state index contributed by atoms with van der Waals surface area (Å²) in [6.45, 7) is 2.32. The van der Waals surface area contributed by atoms with Crippen molar-refractivity contribution in [1.29, 1.82) is 0 Å². The number of hydrogen-bond acceptors (Lipinski definition) is 4. The van der Waals surface area contributed by atoms with Crippen molar-refractivity contribution < 1.29 is 24.2 Å². The third-order valence-electron chi connectivity index (χ3n) is 4.38. The van der Waals surface area contributed by atoms with Gasteiger partial charge in [0.15, 0.2) is 0 Å². The largest absolute Gasteiger partial charge is 0.478 e. The average molecular weight is 391 g/mol. The molecular formula is C21H23ClO5. The Kier molecular flexibility index (Phi) is 7.82. The molecule has 1 unspecified atom stereocenters. The minimum atomic E-state index is -0.980. The molecule has 0 saturated carbocycles. The molecule has 0 heterocycles. The topological polar surface area (TPSA) is 72.8 Å². The zero-order chi connectivity index (χ0) is 19.8. The van der Waals surface area contributed by atoms with Crippen LogP contribution in [0.4, 0.5) is 0 Å². The first-order valence-electron chi connectivity index (χ1n) is 8.70. The van der Waals surface area contributed by atoms with Crippen molar-refractivity contribution in [3.8, 4) is 0 Å². The summed E-state index contributed by atoms with van der Waals surface area (Å²) >= 11 is 5.97. The predicted molar refractivity (Wildman–Crippen MR) is 103 cm³/mol. The van der Waals surface area contributed by atoms with Crippen molar-refractivity contribution in [2.24, 2.45) is 0 Å². The van der Waals surface area contributed by atoms with Gasteiger partial charge >= 0.3 is 11.9 Å². The van der Waals surface area contributed by atoms with Crippen LogP contribution in [0.3, 0.4) is 0 Å². The first-order chi connectivity index (χ1) is 12.9. The zero-order valence-electron chi connectivity index (χ0n) is 15.4. The molecule has 5 nitrogen and oxygen atoms in total. The molecule has 0 aliphatic rings. The number of rotatable bonds is 9. The Morgan fingerprint density at radius 1 is 1.07 bits per heavy atom. The van der Waals surface area contributed by atoms with Crippen molar-refractivity contribution in [1.82, 2.24) is 0 Å². The Labute approximate surface area is 163 Å². The van der Waals surface area contributed by atoms with Crippen LogP contribution in [0.2, 0.25) is 5.02 Å². The highest BCUT2D eigenvalue weighted by molar-refractivity contribution is 6.30. The number of methoxy groups -OCH3 is 1. The van der Waals surface area contributed by atoms with Crippen molar-refractivity contribution in [2.45, 2.75) is 31.8 Å². The quantitative estimate of drug-likeness (QED) is 0.645. The summed E-state index contributed by atoms with van der Waals surface area (Å²) in [4.78, 5) is 23.0. The van der Waals surface area contributed by atoms with E-state index in [1.807, 2.05) is 31.2 Å². The molecule has 2 aromatic carbocycles. The standard InChI is InChI=1S/C21H23ClO5/c1-3-27-19(13-20(23)26-2)18(12-14-4-10-17(22)11-5-14)15-6-8-16(9-7-15)21(24)25/h4-11,18-19H,3,12-13H2,1-2H3,(H,24,25)/t18-,19?/m1/s1. The predicted octanol–water partition coefficient (Wildman–Crippen LogP) is 4.33. The molecule has 0 amide bonds. The van der Waals surface area contributed by atoms with E-state index in [9.17, 15) is 9.59 Å². The minimum absolute atomic E-state index is 0.114. The maximum absolute atomic E-state index is 11.9. The molecule has 0 aliphatic carbocycles. The van der Waals surface area contributed by atoms with Crippen LogP contribution in [0.5, 0.6) is 0 Å². The number of benzene rings is 2. The molecular weight excluding hydrogens is 368 g/mol. The summed E-state index contributed by atoms with van der Waals surface area (Å²) in [6.07, 6.45) is 0.336. The van der Waals surface area contributed by atoms with Gasteiger partial charge in [0, 0.05) is 17.5 Å². The van der Waals surface area contributed by atoms with Crippen molar-refractivity contribution in [3.63, 3.8) is 0 Å². The molecule has 0 aliphatic heterocycles. The number of ether oxygens (including phenoxy) is 2. The van der Waals surface area contributed by atoms with Gasteiger partial charge < -0.3 is 14.6 Å². The second-order valence-corrected chi connectivity index (χ2v) is 6.57. The van der Waals surface area contributed by atoms with Crippen LogP contribution >= 0.6 is 11.6 Å². The van der Waals surface area contributed by atoms with Crippen LogP contribution in [-0.4, -0.2) is 36.9 Å². The highest BCUT2D eigenvalue weighted by Crippen LogP contribution is 2.29. The number of esters is 1. The van der Waals surface area contributed by atoms with Crippen LogP contribution in [0.15, 0.2) is 48.5 Å². The van der Waals surface area contributed by atoms with E-state index in [0.29, 0.717) is 18.1 Å². The molecule has 1 N–H and O–H groups in total. The highest BCUT2D eigenvalue weighted by atomic mass is 35.5. The van der Waals surface area contributed by atoms with Crippen molar-refractivity contribution >= 4 is 23.5 Å². The fourth-order valence-corrected chi connectivity index (χ4v) is 3.12. The monoisotopic (exact) mass is 390 g/mol. The molecule has 0 aromatic heterocycles. The molecule has 0 radical (unpaired) electrons. The van der Waals surface area contributed by atoms with Gasteiger partial charge in [0.05, 0.1) is 25.2 Å². The number of carbonyl (C=O) groups is 2. The molecule has 27 heavy (non-hydrogen) atoms. The van der Waals surface area contributed by atoms with Gasteiger partial charge in [-0.15, -0.1) is 0 Å². The first kappa shape index (κ1) is 20.9. The SMILES string of the molecule is CCOC(CC(=O)OC)[C@H](Cc1ccc(Cl)cc1)c1ccc(C(=O)O)cc1. The van der Waals surface area contributed by atoms with Gasteiger partial charge in [-0.05, 0) is 48.7 Å². The number of aromatic carboxylic acids is 1. The second kappa shape index (κ2) is 10.1. The Morgan fingerprint density at radius 2 is 1.70 bits per heavy atom. The zero-order valence-corrected chi connectivity index (χ0v) is 16.1. The maximum atomic E-state index is 11.9. The van der Waals surface area contributed by atoms with E-state index in [1.54, 1.807) is 24.3 Å². The summed E-state index contributed by atoms with van der Waals surface area (Å²) in [5.41, 5.74) is 2.16. The lowest BCUT2D eigenvalue weighted by Crippen LogP contribution is -2.28. The molecule has 2 rings (SSSR count). The lowest BCUT2D eigenvalue weighted by Gasteiger charge is -2.27. The molecule has 2 aromatic rings. The van der Waals surface area contributed by atoms with Gasteiger partial charge in [0.2, 0.25) is 0 Å². The Hall–Kier alpha value is -2.37. The fraction of sp³-hybridized carbons (Fsp3) is 0.333. The third-order valence-corrected chi connectivity index (χ3v) is 4.63.